The molecule has 7 heteroatoms. The normalized spacial score (nSPS) is 19.1. The number of nitrogens with zero attached hydrogens (tertiary/aromatic N) is 1. The zero-order chi connectivity index (χ0) is 18.5. The minimum Gasteiger partial charge on any atom is -0.381 e. The highest BCUT2D eigenvalue weighted by molar-refractivity contribution is 7.99. The van der Waals surface area contributed by atoms with Gasteiger partial charge in [-0.05, 0) is 54.7 Å². The number of piperazine rings is 1. The topological polar surface area (TPSA) is 24.5 Å². The van der Waals surface area contributed by atoms with Crippen molar-refractivity contribution in [2.75, 3.05) is 39.4 Å². The van der Waals surface area contributed by atoms with Crippen LogP contribution < -0.4 is 5.32 Å². The molecule has 2 aromatic rings. The molecular weight excluding hydrogens is 447 g/mol. The lowest BCUT2D eigenvalue weighted by molar-refractivity contribution is 0.0206. The van der Waals surface area contributed by atoms with E-state index in [0.29, 0.717) is 12.0 Å². The van der Waals surface area contributed by atoms with Crippen LogP contribution in [-0.4, -0.2) is 44.3 Å². The Kier molecular flexibility index (Phi) is 10.6. The third-order valence-electron chi connectivity index (χ3n) is 5.54. The molecule has 29 heavy (non-hydrogen) atoms. The molecule has 1 N–H and O–H groups in total. The van der Waals surface area contributed by atoms with Gasteiger partial charge in [-0.25, -0.2) is 0 Å². The second kappa shape index (κ2) is 12.4. The van der Waals surface area contributed by atoms with E-state index < -0.39 is 0 Å². The third-order valence-corrected chi connectivity index (χ3v) is 6.89. The number of benzene rings is 2. The van der Waals surface area contributed by atoms with E-state index in [1.54, 1.807) is 0 Å². The van der Waals surface area contributed by atoms with Gasteiger partial charge in [0.05, 0.1) is 0 Å². The maximum Gasteiger partial charge on any atom is 0.0469 e. The fourth-order valence-electron chi connectivity index (χ4n) is 4.19. The minimum absolute atomic E-state index is 0. The number of halogens is 3. The Labute approximate surface area is 195 Å². The van der Waals surface area contributed by atoms with Gasteiger partial charge in [-0.2, -0.15) is 0 Å². The first-order valence-electron chi connectivity index (χ1n) is 9.86. The molecule has 160 valence electrons. The minimum atomic E-state index is 0. The first-order chi connectivity index (χ1) is 13.3. The van der Waals surface area contributed by atoms with Crippen molar-refractivity contribution in [2.24, 2.45) is 5.92 Å². The molecule has 2 saturated heterocycles. The van der Waals surface area contributed by atoms with E-state index in [1.165, 1.54) is 15.4 Å². The van der Waals surface area contributed by atoms with Gasteiger partial charge >= 0.3 is 0 Å². The summed E-state index contributed by atoms with van der Waals surface area (Å²) in [5.74, 6) is 0.656. The van der Waals surface area contributed by atoms with Gasteiger partial charge in [-0.15, -0.1) is 24.8 Å². The van der Waals surface area contributed by atoms with E-state index in [2.05, 4.69) is 46.6 Å². The Bertz CT molecular complexity index is 717. The van der Waals surface area contributed by atoms with E-state index in [-0.39, 0.29) is 24.8 Å². The van der Waals surface area contributed by atoms with Crippen LogP contribution in [0.3, 0.4) is 0 Å². The molecule has 0 radical (unpaired) electrons. The van der Waals surface area contributed by atoms with E-state index in [4.69, 9.17) is 16.3 Å². The molecule has 4 rings (SSSR count). The van der Waals surface area contributed by atoms with Gasteiger partial charge < -0.3 is 10.1 Å². The van der Waals surface area contributed by atoms with Crippen molar-refractivity contribution in [3.05, 3.63) is 59.1 Å². The standard InChI is InChI=1S/C22H27ClN2OS.2ClH/c23-18-5-7-19(8-6-18)27-21-4-2-1-3-20(21)22(17-9-15-26-16-10-17)25-13-11-24-12-14-25;;/h1-8,17,22,24H,9-16H2;2*1H/t22-;;/m1../s1. The molecule has 0 aliphatic carbocycles. The van der Waals surface area contributed by atoms with Crippen molar-refractivity contribution in [3.8, 4) is 0 Å². The summed E-state index contributed by atoms with van der Waals surface area (Å²) in [6, 6.07) is 17.6. The summed E-state index contributed by atoms with van der Waals surface area (Å²) in [4.78, 5) is 5.28. The van der Waals surface area contributed by atoms with Crippen molar-refractivity contribution in [2.45, 2.75) is 28.7 Å². The summed E-state index contributed by atoms with van der Waals surface area (Å²) in [6.45, 7) is 6.15. The molecule has 0 amide bonds. The van der Waals surface area contributed by atoms with E-state index in [1.807, 2.05) is 23.9 Å². The van der Waals surface area contributed by atoms with Crippen molar-refractivity contribution in [1.29, 1.82) is 0 Å². The highest BCUT2D eigenvalue weighted by Gasteiger charge is 2.32. The zero-order valence-corrected chi connectivity index (χ0v) is 19.6. The van der Waals surface area contributed by atoms with Crippen LogP contribution in [0.15, 0.2) is 58.3 Å². The monoisotopic (exact) mass is 474 g/mol. The number of nitrogens with one attached hydrogen (secondary N) is 1. The highest BCUT2D eigenvalue weighted by Crippen LogP contribution is 2.41. The number of rotatable bonds is 5. The quantitative estimate of drug-likeness (QED) is 0.599. The summed E-state index contributed by atoms with van der Waals surface area (Å²) in [5, 5.41) is 4.29. The molecule has 0 aromatic heterocycles. The predicted molar refractivity (Wildman–Crippen MR) is 127 cm³/mol. The third kappa shape index (κ3) is 6.51. The van der Waals surface area contributed by atoms with Gasteiger partial charge in [0.15, 0.2) is 0 Å². The van der Waals surface area contributed by atoms with Crippen molar-refractivity contribution < 1.29 is 4.74 Å². The van der Waals surface area contributed by atoms with Gasteiger partial charge in [0, 0.05) is 60.2 Å². The SMILES string of the molecule is Cl.Cl.Clc1ccc(Sc2ccccc2[C@@H](C2CCOCC2)N2CCNCC2)cc1. The van der Waals surface area contributed by atoms with E-state index in [9.17, 15) is 0 Å². The second-order valence-electron chi connectivity index (χ2n) is 7.27. The Morgan fingerprint density at radius 1 is 0.966 bits per heavy atom. The van der Waals surface area contributed by atoms with Gasteiger partial charge in [0.1, 0.15) is 0 Å². The molecule has 1 atom stereocenters. The van der Waals surface area contributed by atoms with Gasteiger partial charge in [-0.3, -0.25) is 4.90 Å². The molecule has 2 heterocycles. The molecule has 0 bridgehead atoms. The Hall–Kier alpha value is -0.460. The first-order valence-corrected chi connectivity index (χ1v) is 11.1. The van der Waals surface area contributed by atoms with Gasteiger partial charge in [0.25, 0.3) is 0 Å². The van der Waals surface area contributed by atoms with Crippen LogP contribution in [0, 0.1) is 5.92 Å². The first kappa shape index (κ1) is 24.8. The van der Waals surface area contributed by atoms with Crippen molar-refractivity contribution >= 4 is 48.2 Å². The molecule has 2 fully saturated rings. The second-order valence-corrected chi connectivity index (χ2v) is 8.83. The summed E-state index contributed by atoms with van der Waals surface area (Å²) in [6.07, 6.45) is 2.29. The summed E-state index contributed by atoms with van der Waals surface area (Å²) in [7, 11) is 0. The van der Waals surface area contributed by atoms with Crippen molar-refractivity contribution in [3.63, 3.8) is 0 Å². The lowest BCUT2D eigenvalue weighted by Gasteiger charge is -2.41. The van der Waals surface area contributed by atoms with Gasteiger partial charge in [-0.1, -0.05) is 41.6 Å². The lowest BCUT2D eigenvalue weighted by Crippen LogP contribution is -2.47. The predicted octanol–water partition coefficient (Wildman–Crippen LogP) is 5.71. The molecule has 0 spiro atoms. The van der Waals surface area contributed by atoms with Gasteiger partial charge in [0.2, 0.25) is 0 Å². The van der Waals surface area contributed by atoms with E-state index in [0.717, 1.165) is 57.3 Å². The highest BCUT2D eigenvalue weighted by atomic mass is 35.5. The number of hydrogen-bond acceptors (Lipinski definition) is 4. The Morgan fingerprint density at radius 2 is 1.62 bits per heavy atom. The molecule has 0 unspecified atom stereocenters. The zero-order valence-electron chi connectivity index (χ0n) is 16.4. The summed E-state index contributed by atoms with van der Waals surface area (Å²) >= 11 is 7.91. The molecule has 0 saturated carbocycles. The van der Waals surface area contributed by atoms with E-state index >= 15 is 0 Å². The Balaban J connectivity index is 0.00000150. The van der Waals surface area contributed by atoms with Crippen LogP contribution in [0.4, 0.5) is 0 Å². The molecule has 2 aliphatic rings. The maximum atomic E-state index is 6.07. The fraction of sp³-hybridized carbons (Fsp3) is 0.455. The van der Waals surface area contributed by atoms with Crippen LogP contribution in [0.25, 0.3) is 0 Å². The average molecular weight is 476 g/mol. The summed E-state index contributed by atoms with van der Waals surface area (Å²) in [5.41, 5.74) is 1.46. The summed E-state index contributed by atoms with van der Waals surface area (Å²) < 4.78 is 5.66. The van der Waals surface area contributed by atoms with Crippen LogP contribution >= 0.6 is 48.2 Å². The van der Waals surface area contributed by atoms with Crippen LogP contribution in [-0.2, 0) is 4.74 Å². The smallest absolute Gasteiger partial charge is 0.0469 e. The van der Waals surface area contributed by atoms with Crippen LogP contribution in [0.5, 0.6) is 0 Å². The van der Waals surface area contributed by atoms with Crippen LogP contribution in [0.2, 0.25) is 5.02 Å². The molecule has 3 nitrogen and oxygen atoms in total. The average Bonchev–Trinajstić information content (AvgIpc) is 2.73. The fourth-order valence-corrected chi connectivity index (χ4v) is 5.29. The molecule has 2 aromatic carbocycles. The van der Waals surface area contributed by atoms with Crippen molar-refractivity contribution in [1.82, 2.24) is 10.2 Å². The number of ether oxygens (including phenoxy) is 1. The largest absolute Gasteiger partial charge is 0.381 e. The molecule has 2 aliphatic heterocycles. The Morgan fingerprint density at radius 3 is 2.31 bits per heavy atom. The molecular formula is C22H29Cl3N2OS. The number of hydrogen-bond donors (Lipinski definition) is 1. The van der Waals surface area contributed by atoms with Crippen LogP contribution in [0.1, 0.15) is 24.4 Å². The maximum absolute atomic E-state index is 6.07. The lowest BCUT2D eigenvalue weighted by atomic mass is 9.85.